The van der Waals surface area contributed by atoms with E-state index in [0.717, 1.165) is 12.8 Å². The second-order valence-electron chi connectivity index (χ2n) is 4.19. The van der Waals surface area contributed by atoms with Crippen LogP contribution in [0.2, 0.25) is 10.0 Å². The summed E-state index contributed by atoms with van der Waals surface area (Å²) >= 11 is 11.9. The maximum Gasteiger partial charge on any atom is 0.241 e. The molecule has 17 heavy (non-hydrogen) atoms. The largest absolute Gasteiger partial charge is 0.375 e. The monoisotopic (exact) mass is 272 g/mol. The Bertz CT molecular complexity index is 433. The zero-order valence-corrected chi connectivity index (χ0v) is 11.1. The number of hydrogen-bond acceptors (Lipinski definition) is 2. The molecule has 1 aliphatic carbocycles. The number of hydrogen-bond donors (Lipinski definition) is 1. The van der Waals surface area contributed by atoms with Gasteiger partial charge in [0.15, 0.2) is 0 Å². The average molecular weight is 273 g/mol. The highest BCUT2D eigenvalue weighted by Crippen LogP contribution is 2.29. The van der Waals surface area contributed by atoms with Crippen molar-refractivity contribution in [3.05, 3.63) is 28.2 Å². The van der Waals surface area contributed by atoms with Gasteiger partial charge in [0, 0.05) is 13.1 Å². The summed E-state index contributed by atoms with van der Waals surface area (Å²) in [6.45, 7) is 0.243. The van der Waals surface area contributed by atoms with Crippen LogP contribution in [0.1, 0.15) is 12.8 Å². The van der Waals surface area contributed by atoms with Gasteiger partial charge in [0.05, 0.1) is 22.3 Å². The Labute approximate surface area is 111 Å². The van der Waals surface area contributed by atoms with Gasteiger partial charge in [0.2, 0.25) is 5.91 Å². The third-order valence-corrected chi connectivity index (χ3v) is 3.69. The summed E-state index contributed by atoms with van der Waals surface area (Å²) in [7, 11) is 1.83. The van der Waals surface area contributed by atoms with Gasteiger partial charge in [-0.05, 0) is 25.0 Å². The predicted octanol–water partition coefficient (Wildman–Crippen LogP) is 3.03. The second-order valence-corrected chi connectivity index (χ2v) is 4.98. The van der Waals surface area contributed by atoms with Crippen LogP contribution in [-0.2, 0) is 4.79 Å². The van der Waals surface area contributed by atoms with Crippen molar-refractivity contribution in [3.8, 4) is 0 Å². The van der Waals surface area contributed by atoms with Crippen molar-refractivity contribution in [1.29, 1.82) is 0 Å². The maximum atomic E-state index is 11.8. The van der Waals surface area contributed by atoms with Crippen molar-refractivity contribution in [1.82, 2.24) is 4.90 Å². The molecule has 0 spiro atoms. The molecule has 0 atom stereocenters. The molecule has 1 saturated carbocycles. The van der Waals surface area contributed by atoms with Crippen molar-refractivity contribution in [2.75, 3.05) is 18.9 Å². The summed E-state index contributed by atoms with van der Waals surface area (Å²) in [5.41, 5.74) is 0.691. The number of carbonyl (C=O) groups is 1. The lowest BCUT2D eigenvalue weighted by atomic mass is 10.3. The van der Waals surface area contributed by atoms with Gasteiger partial charge in [0.1, 0.15) is 0 Å². The lowest BCUT2D eigenvalue weighted by molar-refractivity contribution is -0.128. The van der Waals surface area contributed by atoms with Crippen molar-refractivity contribution in [2.45, 2.75) is 18.9 Å². The fourth-order valence-corrected chi connectivity index (χ4v) is 1.97. The van der Waals surface area contributed by atoms with Gasteiger partial charge in [-0.3, -0.25) is 4.79 Å². The van der Waals surface area contributed by atoms with Crippen LogP contribution in [-0.4, -0.2) is 30.4 Å². The fraction of sp³-hybridized carbons (Fsp3) is 0.417. The molecule has 3 nitrogen and oxygen atoms in total. The zero-order valence-electron chi connectivity index (χ0n) is 9.54. The number of halogens is 2. The van der Waals surface area contributed by atoms with Gasteiger partial charge < -0.3 is 10.2 Å². The van der Waals surface area contributed by atoms with Crippen LogP contribution in [0.25, 0.3) is 0 Å². The summed E-state index contributed by atoms with van der Waals surface area (Å²) in [4.78, 5) is 13.6. The first-order valence-corrected chi connectivity index (χ1v) is 6.28. The fourth-order valence-electron chi connectivity index (χ4n) is 1.60. The Hall–Kier alpha value is -0.930. The molecule has 1 aromatic rings. The van der Waals surface area contributed by atoms with Crippen LogP contribution in [0.3, 0.4) is 0 Å². The van der Waals surface area contributed by atoms with Crippen LogP contribution in [0.4, 0.5) is 5.69 Å². The Kier molecular flexibility index (Phi) is 3.79. The molecule has 0 aromatic heterocycles. The molecular weight excluding hydrogens is 259 g/mol. The topological polar surface area (TPSA) is 32.3 Å². The SMILES string of the molecule is CN(C(=O)CNc1cccc(Cl)c1Cl)C1CC1. The van der Waals surface area contributed by atoms with Crippen LogP contribution >= 0.6 is 23.2 Å². The number of amides is 1. The molecule has 1 N–H and O–H groups in total. The molecule has 5 heteroatoms. The number of likely N-dealkylation sites (N-methyl/N-ethyl adjacent to an activating group) is 1. The predicted molar refractivity (Wildman–Crippen MR) is 70.7 cm³/mol. The van der Waals surface area contributed by atoms with E-state index in [2.05, 4.69) is 5.32 Å². The van der Waals surface area contributed by atoms with Gasteiger partial charge in [0.25, 0.3) is 0 Å². The molecule has 2 rings (SSSR count). The first-order chi connectivity index (χ1) is 8.09. The molecule has 0 radical (unpaired) electrons. The minimum absolute atomic E-state index is 0.0727. The lowest BCUT2D eigenvalue weighted by Gasteiger charge is -2.17. The van der Waals surface area contributed by atoms with Crippen LogP contribution in [0, 0.1) is 0 Å². The summed E-state index contributed by atoms with van der Waals surface area (Å²) in [6.07, 6.45) is 2.22. The average Bonchev–Trinajstić information content (AvgIpc) is 3.13. The molecule has 1 aliphatic rings. The second kappa shape index (κ2) is 5.15. The van der Waals surface area contributed by atoms with Gasteiger partial charge in [-0.1, -0.05) is 29.3 Å². The lowest BCUT2D eigenvalue weighted by Crippen LogP contribution is -2.33. The molecule has 1 fully saturated rings. The summed E-state index contributed by atoms with van der Waals surface area (Å²) < 4.78 is 0. The first kappa shape index (κ1) is 12.5. The van der Waals surface area contributed by atoms with E-state index in [9.17, 15) is 4.79 Å². The number of nitrogens with zero attached hydrogens (tertiary/aromatic N) is 1. The van der Waals surface area contributed by atoms with Gasteiger partial charge in [-0.25, -0.2) is 0 Å². The van der Waals surface area contributed by atoms with Crippen LogP contribution in [0.15, 0.2) is 18.2 Å². The first-order valence-electron chi connectivity index (χ1n) is 5.53. The molecule has 0 aliphatic heterocycles. The number of carbonyl (C=O) groups excluding carboxylic acids is 1. The number of rotatable bonds is 4. The summed E-state index contributed by atoms with van der Waals surface area (Å²) in [5, 5.41) is 3.95. The summed E-state index contributed by atoms with van der Waals surface area (Å²) in [5.74, 6) is 0.0727. The maximum absolute atomic E-state index is 11.8. The zero-order chi connectivity index (χ0) is 12.4. The van der Waals surface area contributed by atoms with Gasteiger partial charge in [-0.15, -0.1) is 0 Å². The smallest absolute Gasteiger partial charge is 0.241 e. The molecule has 1 amide bonds. The van der Waals surface area contributed by atoms with Crippen molar-refractivity contribution < 1.29 is 4.79 Å². The number of anilines is 1. The Morgan fingerprint density at radius 1 is 1.47 bits per heavy atom. The highest BCUT2D eigenvalue weighted by molar-refractivity contribution is 6.43. The standard InChI is InChI=1S/C12H14Cl2N2O/c1-16(8-5-6-8)11(17)7-15-10-4-2-3-9(13)12(10)14/h2-4,8,15H,5-7H2,1H3. The normalized spacial score (nSPS) is 14.5. The molecule has 0 saturated heterocycles. The number of nitrogens with one attached hydrogen (secondary N) is 1. The molecule has 0 heterocycles. The third-order valence-electron chi connectivity index (χ3n) is 2.87. The Morgan fingerprint density at radius 3 is 2.82 bits per heavy atom. The minimum atomic E-state index is 0.0727. The van der Waals surface area contributed by atoms with Gasteiger partial charge >= 0.3 is 0 Å². The van der Waals surface area contributed by atoms with E-state index < -0.39 is 0 Å². The van der Waals surface area contributed by atoms with E-state index in [0.29, 0.717) is 21.8 Å². The van der Waals surface area contributed by atoms with E-state index in [1.807, 2.05) is 7.05 Å². The van der Waals surface area contributed by atoms with Crippen molar-refractivity contribution >= 4 is 34.8 Å². The highest BCUT2D eigenvalue weighted by atomic mass is 35.5. The molecular formula is C12H14Cl2N2O. The van der Waals surface area contributed by atoms with Gasteiger partial charge in [-0.2, -0.15) is 0 Å². The molecule has 1 aromatic carbocycles. The molecule has 92 valence electrons. The Morgan fingerprint density at radius 2 is 2.18 bits per heavy atom. The quantitative estimate of drug-likeness (QED) is 0.914. The molecule has 0 bridgehead atoms. The van der Waals surface area contributed by atoms with E-state index in [1.165, 1.54) is 0 Å². The number of benzene rings is 1. The van der Waals surface area contributed by atoms with E-state index in [-0.39, 0.29) is 12.5 Å². The van der Waals surface area contributed by atoms with E-state index >= 15 is 0 Å². The molecule has 0 unspecified atom stereocenters. The van der Waals surface area contributed by atoms with Crippen LogP contribution < -0.4 is 5.32 Å². The highest BCUT2D eigenvalue weighted by Gasteiger charge is 2.29. The van der Waals surface area contributed by atoms with E-state index in [1.54, 1.807) is 23.1 Å². The van der Waals surface area contributed by atoms with Crippen LogP contribution in [0.5, 0.6) is 0 Å². The Balaban J connectivity index is 1.93. The third kappa shape index (κ3) is 3.05. The van der Waals surface area contributed by atoms with E-state index in [4.69, 9.17) is 23.2 Å². The minimum Gasteiger partial charge on any atom is -0.375 e. The summed E-state index contributed by atoms with van der Waals surface area (Å²) in [6, 6.07) is 5.75. The van der Waals surface area contributed by atoms with Crippen molar-refractivity contribution in [3.63, 3.8) is 0 Å². The van der Waals surface area contributed by atoms with Crippen molar-refractivity contribution in [2.24, 2.45) is 0 Å².